The molecule has 0 saturated carbocycles. The molecule has 0 aliphatic heterocycles. The van der Waals surface area contributed by atoms with Gasteiger partial charge in [-0.05, 0) is 31.2 Å². The third kappa shape index (κ3) is 5.43. The van der Waals surface area contributed by atoms with E-state index in [4.69, 9.17) is 9.47 Å². The predicted octanol–water partition coefficient (Wildman–Crippen LogP) is 4.09. The molecule has 3 aromatic rings. The largest absolute Gasteiger partial charge is 0.482 e. The number of hydrogen-bond acceptors (Lipinski definition) is 6. The molecule has 35 heavy (non-hydrogen) atoms. The van der Waals surface area contributed by atoms with Crippen molar-refractivity contribution in [3.8, 4) is 29.0 Å². The van der Waals surface area contributed by atoms with Crippen LogP contribution in [-0.4, -0.2) is 21.5 Å². The van der Waals surface area contributed by atoms with Crippen LogP contribution in [0.25, 0.3) is 5.69 Å². The predicted molar refractivity (Wildman–Crippen MR) is 117 cm³/mol. The number of ketones is 1. The van der Waals surface area contributed by atoms with Crippen LogP contribution in [0.15, 0.2) is 50.5 Å². The first-order valence-corrected chi connectivity index (χ1v) is 10.4. The van der Waals surface area contributed by atoms with Crippen molar-refractivity contribution < 1.29 is 31.8 Å². The standard InChI is InChI=1S/C22H14BrF4N3O5/c1-11(31)10-34-16-4-3-13(23)6-18(16)35-17-7-15(14(24)5-12(17)9-28)30-20(32)8-19(22(25,26)27)29(2)21(30)33/h3-8H,10H2,1-2H3. The number of benzene rings is 2. The van der Waals surface area contributed by atoms with Gasteiger partial charge in [-0.25, -0.2) is 13.8 Å². The minimum atomic E-state index is -5.00. The van der Waals surface area contributed by atoms with Gasteiger partial charge in [-0.15, -0.1) is 0 Å². The van der Waals surface area contributed by atoms with Crippen LogP contribution in [0.4, 0.5) is 17.6 Å². The summed E-state index contributed by atoms with van der Waals surface area (Å²) in [5.74, 6) is -1.78. The SMILES string of the molecule is CC(=O)COc1ccc(Br)cc1Oc1cc(-n2c(=O)cc(C(F)(F)F)n(C)c2=O)c(F)cc1C#N. The quantitative estimate of drug-likeness (QED) is 0.424. The number of halogens is 5. The molecule has 0 amide bonds. The third-order valence-corrected chi connectivity index (χ3v) is 5.07. The van der Waals surface area contributed by atoms with Gasteiger partial charge in [0.25, 0.3) is 5.56 Å². The summed E-state index contributed by atoms with van der Waals surface area (Å²) in [5, 5.41) is 9.42. The molecule has 0 aliphatic carbocycles. The Kier molecular flexibility index (Phi) is 7.16. The van der Waals surface area contributed by atoms with Crippen molar-refractivity contribution in [1.82, 2.24) is 9.13 Å². The Morgan fingerprint density at radius 3 is 2.40 bits per heavy atom. The minimum Gasteiger partial charge on any atom is -0.482 e. The lowest BCUT2D eigenvalue weighted by atomic mass is 10.1. The minimum absolute atomic E-state index is 0.0117. The molecule has 0 N–H and O–H groups in total. The summed E-state index contributed by atoms with van der Waals surface area (Å²) < 4.78 is 66.1. The fourth-order valence-electron chi connectivity index (χ4n) is 2.98. The second-order valence-corrected chi connectivity index (χ2v) is 8.05. The number of rotatable bonds is 6. The van der Waals surface area contributed by atoms with Gasteiger partial charge >= 0.3 is 11.9 Å². The molecule has 182 valence electrons. The second-order valence-electron chi connectivity index (χ2n) is 7.14. The van der Waals surface area contributed by atoms with Crippen LogP contribution in [0.1, 0.15) is 18.2 Å². The number of carbonyl (C=O) groups is 1. The van der Waals surface area contributed by atoms with E-state index >= 15 is 0 Å². The second kappa shape index (κ2) is 9.75. The third-order valence-electron chi connectivity index (χ3n) is 4.58. The summed E-state index contributed by atoms with van der Waals surface area (Å²) in [4.78, 5) is 36.3. The van der Waals surface area contributed by atoms with Gasteiger partial charge in [0.05, 0.1) is 11.3 Å². The van der Waals surface area contributed by atoms with Crippen molar-refractivity contribution in [2.24, 2.45) is 7.05 Å². The molecule has 0 unspecified atom stereocenters. The van der Waals surface area contributed by atoms with E-state index in [-0.39, 0.29) is 50.4 Å². The monoisotopic (exact) mass is 555 g/mol. The van der Waals surface area contributed by atoms with Gasteiger partial charge in [-0.3, -0.25) is 14.2 Å². The van der Waals surface area contributed by atoms with E-state index in [1.807, 2.05) is 0 Å². The van der Waals surface area contributed by atoms with Gasteiger partial charge in [-0.2, -0.15) is 18.4 Å². The van der Waals surface area contributed by atoms with Crippen LogP contribution in [0.3, 0.4) is 0 Å². The fraction of sp³-hybridized carbons (Fsp3) is 0.182. The van der Waals surface area contributed by atoms with E-state index in [2.05, 4.69) is 15.9 Å². The number of ether oxygens (including phenoxy) is 2. The van der Waals surface area contributed by atoms with Gasteiger partial charge in [0, 0.05) is 23.7 Å². The van der Waals surface area contributed by atoms with Crippen LogP contribution in [0.2, 0.25) is 0 Å². The maximum Gasteiger partial charge on any atom is 0.431 e. The first-order chi connectivity index (χ1) is 16.3. The fourth-order valence-corrected chi connectivity index (χ4v) is 3.32. The van der Waals surface area contributed by atoms with E-state index in [1.54, 1.807) is 12.1 Å². The van der Waals surface area contributed by atoms with E-state index in [0.717, 1.165) is 13.1 Å². The Balaban J connectivity index is 2.19. The zero-order chi connectivity index (χ0) is 26.1. The van der Waals surface area contributed by atoms with E-state index in [9.17, 15) is 37.2 Å². The number of hydrogen-bond donors (Lipinski definition) is 0. The van der Waals surface area contributed by atoms with Crippen LogP contribution >= 0.6 is 15.9 Å². The molecule has 2 aromatic carbocycles. The highest BCUT2D eigenvalue weighted by molar-refractivity contribution is 9.10. The smallest absolute Gasteiger partial charge is 0.431 e. The van der Waals surface area contributed by atoms with Crippen LogP contribution < -0.4 is 20.7 Å². The average molecular weight is 556 g/mol. The Morgan fingerprint density at radius 2 is 1.80 bits per heavy atom. The number of nitriles is 1. The molecule has 0 aliphatic rings. The van der Waals surface area contributed by atoms with E-state index in [1.165, 1.54) is 19.1 Å². The van der Waals surface area contributed by atoms with Gasteiger partial charge < -0.3 is 9.47 Å². The molecule has 0 spiro atoms. The maximum atomic E-state index is 14.8. The Morgan fingerprint density at radius 1 is 1.11 bits per heavy atom. The summed E-state index contributed by atoms with van der Waals surface area (Å²) in [6.07, 6.45) is -5.00. The molecular weight excluding hydrogens is 542 g/mol. The zero-order valence-corrected chi connectivity index (χ0v) is 19.5. The number of aromatic nitrogens is 2. The van der Waals surface area contributed by atoms with Crippen LogP contribution in [0, 0.1) is 17.1 Å². The molecule has 1 aromatic heterocycles. The number of Topliss-reactive ketones (excluding diaryl/α,β-unsaturated/α-hetero) is 1. The summed E-state index contributed by atoms with van der Waals surface area (Å²) in [7, 11) is 0.778. The van der Waals surface area contributed by atoms with Gasteiger partial charge in [0.1, 0.15) is 29.9 Å². The Bertz CT molecular complexity index is 1490. The van der Waals surface area contributed by atoms with Crippen molar-refractivity contribution in [2.45, 2.75) is 13.1 Å². The van der Waals surface area contributed by atoms with Crippen molar-refractivity contribution in [2.75, 3.05) is 6.61 Å². The number of carbonyl (C=O) groups excluding carboxylic acids is 1. The van der Waals surface area contributed by atoms with E-state index in [0.29, 0.717) is 10.5 Å². The van der Waals surface area contributed by atoms with Gasteiger partial charge in [0.2, 0.25) is 0 Å². The lowest BCUT2D eigenvalue weighted by molar-refractivity contribution is -0.144. The average Bonchev–Trinajstić information content (AvgIpc) is 2.76. The summed E-state index contributed by atoms with van der Waals surface area (Å²) in [6.45, 7) is 0.997. The molecule has 0 fully saturated rings. The lowest BCUT2D eigenvalue weighted by Crippen LogP contribution is -2.41. The van der Waals surface area contributed by atoms with Gasteiger partial charge in [0.15, 0.2) is 17.3 Å². The molecule has 13 heteroatoms. The molecule has 1 heterocycles. The van der Waals surface area contributed by atoms with Gasteiger partial charge in [-0.1, -0.05) is 15.9 Å². The molecule has 0 radical (unpaired) electrons. The highest BCUT2D eigenvalue weighted by atomic mass is 79.9. The molecule has 0 atom stereocenters. The molecule has 0 saturated heterocycles. The molecule has 3 rings (SSSR count). The van der Waals surface area contributed by atoms with Crippen LogP contribution in [0.5, 0.6) is 17.2 Å². The summed E-state index contributed by atoms with van der Waals surface area (Å²) >= 11 is 3.23. The van der Waals surface area contributed by atoms with E-state index < -0.39 is 34.6 Å². The lowest BCUT2D eigenvalue weighted by Gasteiger charge is -2.16. The van der Waals surface area contributed by atoms with Crippen molar-refractivity contribution >= 4 is 21.7 Å². The Hall–Kier alpha value is -3.92. The summed E-state index contributed by atoms with van der Waals surface area (Å²) in [5.41, 5.74) is -5.51. The topological polar surface area (TPSA) is 103 Å². The molecular formula is C22H14BrF4N3O5. The highest BCUT2D eigenvalue weighted by Crippen LogP contribution is 2.37. The first kappa shape index (κ1) is 25.7. The molecule has 8 nitrogen and oxygen atoms in total. The molecule has 0 bridgehead atoms. The first-order valence-electron chi connectivity index (χ1n) is 9.57. The normalized spacial score (nSPS) is 11.1. The maximum absolute atomic E-state index is 14.8. The number of nitrogens with zero attached hydrogens (tertiary/aromatic N) is 3. The van der Waals surface area contributed by atoms with Crippen molar-refractivity contribution in [3.05, 3.63) is 78.8 Å². The zero-order valence-electron chi connectivity index (χ0n) is 17.9. The number of alkyl halides is 3. The Labute approximate surface area is 202 Å². The van der Waals surface area contributed by atoms with Crippen LogP contribution in [-0.2, 0) is 18.0 Å². The summed E-state index contributed by atoms with van der Waals surface area (Å²) in [6, 6.07) is 7.81. The van der Waals surface area contributed by atoms with Crippen molar-refractivity contribution in [3.63, 3.8) is 0 Å². The highest BCUT2D eigenvalue weighted by Gasteiger charge is 2.35. The van der Waals surface area contributed by atoms with Crippen molar-refractivity contribution in [1.29, 1.82) is 5.26 Å².